The average molecular weight is 579 g/mol. The number of carbonyl (C=O) groups is 3. The molecule has 3 aromatic rings. The third-order valence-electron chi connectivity index (χ3n) is 7.42. The highest BCUT2D eigenvalue weighted by atomic mass is 32.1. The third kappa shape index (κ3) is 7.54. The molecule has 0 spiro atoms. The number of aryl methyl sites for hydroxylation is 1. The molecular weight excluding hydrogens is 540 g/mol. The van der Waals surface area contributed by atoms with Crippen LogP contribution >= 0.6 is 11.3 Å². The highest BCUT2D eigenvalue weighted by Gasteiger charge is 2.43. The normalized spacial score (nSPS) is 15.9. The van der Waals surface area contributed by atoms with E-state index in [2.05, 4.69) is 6.92 Å². The molecule has 1 aliphatic rings. The number of carboxylic acid groups (broad SMARTS) is 1. The van der Waals surface area contributed by atoms with Gasteiger partial charge in [-0.3, -0.25) is 14.6 Å². The first-order chi connectivity index (χ1) is 19.8. The van der Waals surface area contributed by atoms with Gasteiger partial charge in [-0.1, -0.05) is 50.5 Å². The van der Waals surface area contributed by atoms with Crippen LogP contribution in [0, 0.1) is 0 Å². The number of amides is 3. The molecule has 1 aliphatic heterocycles. The maximum Gasteiger partial charge on any atom is 0.345 e. The number of ether oxygens (including phenoxy) is 2. The van der Waals surface area contributed by atoms with E-state index < -0.39 is 12.0 Å². The van der Waals surface area contributed by atoms with Crippen molar-refractivity contribution >= 4 is 34.9 Å². The number of thiophene rings is 1. The molecule has 0 saturated carbocycles. The molecule has 1 N–H and O–H groups in total. The SMILES string of the molecule is CCCCCC(OCc1ccc(OC)cc1)c1ccc(N2C(=O)N(C)C(=O)C2CCCc2ccc(C(=O)O)s2)cc1. The lowest BCUT2D eigenvalue weighted by Gasteiger charge is -2.23. The Hall–Kier alpha value is -3.69. The van der Waals surface area contributed by atoms with E-state index in [1.807, 2.05) is 54.6 Å². The van der Waals surface area contributed by atoms with Gasteiger partial charge in [0.15, 0.2) is 0 Å². The number of unbranched alkanes of at least 4 members (excludes halogenated alkanes) is 2. The van der Waals surface area contributed by atoms with Gasteiger partial charge in [-0.25, -0.2) is 9.59 Å². The summed E-state index contributed by atoms with van der Waals surface area (Å²) in [4.78, 5) is 41.2. The number of carboxylic acids is 1. The maximum absolute atomic E-state index is 13.1. The number of carbonyl (C=O) groups excluding carboxylic acids is 2. The Morgan fingerprint density at radius 2 is 1.73 bits per heavy atom. The summed E-state index contributed by atoms with van der Waals surface area (Å²) in [5, 5.41) is 9.16. The van der Waals surface area contributed by atoms with Gasteiger partial charge in [0.2, 0.25) is 0 Å². The van der Waals surface area contributed by atoms with Crippen LogP contribution in [0.2, 0.25) is 0 Å². The Morgan fingerprint density at radius 1 is 1.00 bits per heavy atom. The Bertz CT molecular complexity index is 1320. The fourth-order valence-corrected chi connectivity index (χ4v) is 5.95. The number of rotatable bonds is 15. The van der Waals surface area contributed by atoms with Crippen molar-refractivity contribution in [1.29, 1.82) is 0 Å². The number of nitrogens with zero attached hydrogens (tertiary/aromatic N) is 2. The summed E-state index contributed by atoms with van der Waals surface area (Å²) in [6.45, 7) is 2.66. The minimum absolute atomic E-state index is 0.0893. The Balaban J connectivity index is 1.44. The Kier molecular flexibility index (Phi) is 10.5. The molecular formula is C32H38N2O6S. The topological polar surface area (TPSA) is 96.4 Å². The van der Waals surface area contributed by atoms with Gasteiger partial charge < -0.3 is 14.6 Å². The van der Waals surface area contributed by atoms with Crippen LogP contribution in [0.25, 0.3) is 0 Å². The van der Waals surface area contributed by atoms with Gasteiger partial charge in [-0.2, -0.15) is 0 Å². The van der Waals surface area contributed by atoms with Crippen LogP contribution in [-0.4, -0.2) is 48.1 Å². The molecule has 0 bridgehead atoms. The summed E-state index contributed by atoms with van der Waals surface area (Å²) >= 11 is 1.24. The molecule has 8 nitrogen and oxygen atoms in total. The highest BCUT2D eigenvalue weighted by Crippen LogP contribution is 2.32. The minimum Gasteiger partial charge on any atom is -0.497 e. The second-order valence-electron chi connectivity index (χ2n) is 10.3. The first kappa shape index (κ1) is 30.3. The van der Waals surface area contributed by atoms with Gasteiger partial charge in [-0.05, 0) is 73.2 Å². The lowest BCUT2D eigenvalue weighted by Crippen LogP contribution is -2.35. The van der Waals surface area contributed by atoms with Crippen LogP contribution in [0.5, 0.6) is 5.75 Å². The number of anilines is 1. The molecule has 9 heteroatoms. The predicted octanol–water partition coefficient (Wildman–Crippen LogP) is 7.08. The van der Waals surface area contributed by atoms with E-state index in [1.165, 1.54) is 23.3 Å². The minimum atomic E-state index is -0.937. The number of imide groups is 1. The number of aromatic carboxylic acids is 1. The molecule has 0 aliphatic carbocycles. The van der Waals surface area contributed by atoms with Crippen LogP contribution < -0.4 is 9.64 Å². The van der Waals surface area contributed by atoms with Crippen molar-refractivity contribution in [3.05, 3.63) is 81.5 Å². The van der Waals surface area contributed by atoms with E-state index in [9.17, 15) is 14.4 Å². The second-order valence-corrected chi connectivity index (χ2v) is 11.4. The van der Waals surface area contributed by atoms with Crippen LogP contribution in [0.15, 0.2) is 60.7 Å². The van der Waals surface area contributed by atoms with Crippen LogP contribution in [0.1, 0.15) is 77.2 Å². The van der Waals surface area contributed by atoms with E-state index in [1.54, 1.807) is 18.1 Å². The largest absolute Gasteiger partial charge is 0.497 e. The zero-order valence-corrected chi connectivity index (χ0v) is 24.7. The summed E-state index contributed by atoms with van der Waals surface area (Å²) < 4.78 is 11.6. The zero-order valence-electron chi connectivity index (χ0n) is 23.9. The van der Waals surface area contributed by atoms with Gasteiger partial charge in [0.25, 0.3) is 5.91 Å². The van der Waals surface area contributed by atoms with Gasteiger partial charge in [0, 0.05) is 17.6 Å². The van der Waals surface area contributed by atoms with Crippen molar-refractivity contribution < 1.29 is 29.0 Å². The fraction of sp³-hybridized carbons (Fsp3) is 0.406. The molecule has 0 radical (unpaired) electrons. The number of hydrogen-bond donors (Lipinski definition) is 1. The average Bonchev–Trinajstić information content (AvgIpc) is 3.55. The molecule has 2 unspecified atom stereocenters. The molecule has 218 valence electrons. The Morgan fingerprint density at radius 3 is 2.37 bits per heavy atom. The molecule has 1 saturated heterocycles. The second kappa shape index (κ2) is 14.3. The van der Waals surface area contributed by atoms with E-state index >= 15 is 0 Å². The summed E-state index contributed by atoms with van der Waals surface area (Å²) in [6, 6.07) is 18.1. The van der Waals surface area contributed by atoms with Crippen molar-refractivity contribution in [3.8, 4) is 5.75 Å². The number of hydrogen-bond acceptors (Lipinski definition) is 6. The maximum atomic E-state index is 13.1. The smallest absolute Gasteiger partial charge is 0.345 e. The lowest BCUT2D eigenvalue weighted by molar-refractivity contribution is -0.126. The summed E-state index contributed by atoms with van der Waals surface area (Å²) in [6.07, 6.45) is 5.90. The van der Waals surface area contributed by atoms with E-state index in [4.69, 9.17) is 14.6 Å². The molecule has 1 aromatic heterocycles. The number of likely N-dealkylation sites (N-methyl/N-ethyl adjacent to an activating group) is 1. The quantitative estimate of drug-likeness (QED) is 0.153. The molecule has 2 heterocycles. The van der Waals surface area contributed by atoms with Crippen molar-refractivity contribution in [1.82, 2.24) is 4.90 Å². The summed E-state index contributed by atoms with van der Waals surface area (Å²) in [5.74, 6) is -0.355. The van der Waals surface area contributed by atoms with Crippen LogP contribution in [0.4, 0.5) is 10.5 Å². The van der Waals surface area contributed by atoms with Crippen LogP contribution in [0.3, 0.4) is 0 Å². The third-order valence-corrected chi connectivity index (χ3v) is 8.55. The van der Waals surface area contributed by atoms with Gasteiger partial charge >= 0.3 is 12.0 Å². The molecule has 1 fully saturated rings. The molecule has 3 amide bonds. The first-order valence-corrected chi connectivity index (χ1v) is 14.9. The predicted molar refractivity (Wildman–Crippen MR) is 160 cm³/mol. The monoisotopic (exact) mass is 578 g/mol. The molecule has 41 heavy (non-hydrogen) atoms. The molecule has 4 rings (SSSR count). The summed E-state index contributed by atoms with van der Waals surface area (Å²) in [5.41, 5.74) is 2.78. The fourth-order valence-electron chi connectivity index (χ4n) is 5.06. The van der Waals surface area contributed by atoms with E-state index in [0.717, 1.165) is 47.4 Å². The van der Waals surface area contributed by atoms with Crippen molar-refractivity contribution in [2.75, 3.05) is 19.1 Å². The first-order valence-electron chi connectivity index (χ1n) is 14.1. The number of urea groups is 1. The zero-order chi connectivity index (χ0) is 29.4. The standard InChI is InChI=1S/C32H38N2O6S/c1-4-5-6-10-28(40-21-22-11-17-25(39-3)18-12-22)23-13-15-24(16-14-23)34-27(30(35)33(2)32(34)38)9-7-8-26-19-20-29(41-26)31(36)37/h11-20,27-28H,4-10,21H2,1-3H3,(H,36,37). The van der Waals surface area contributed by atoms with E-state index in [0.29, 0.717) is 36.4 Å². The van der Waals surface area contributed by atoms with Gasteiger partial charge in [0.05, 0.1) is 19.8 Å². The van der Waals surface area contributed by atoms with E-state index in [-0.39, 0.29) is 18.0 Å². The lowest BCUT2D eigenvalue weighted by atomic mass is 10.0. The van der Waals surface area contributed by atoms with Crippen molar-refractivity contribution in [2.45, 2.75) is 70.6 Å². The molecule has 2 atom stereocenters. The van der Waals surface area contributed by atoms with Gasteiger partial charge in [-0.15, -0.1) is 11.3 Å². The highest BCUT2D eigenvalue weighted by molar-refractivity contribution is 7.13. The number of benzene rings is 2. The molecule has 2 aromatic carbocycles. The number of methoxy groups -OCH3 is 1. The Labute approximate surface area is 245 Å². The van der Waals surface area contributed by atoms with Gasteiger partial charge in [0.1, 0.15) is 16.7 Å². The van der Waals surface area contributed by atoms with Crippen molar-refractivity contribution in [2.24, 2.45) is 0 Å². The van der Waals surface area contributed by atoms with Crippen molar-refractivity contribution in [3.63, 3.8) is 0 Å². The summed E-state index contributed by atoms with van der Waals surface area (Å²) in [7, 11) is 3.16. The van der Waals surface area contributed by atoms with Crippen LogP contribution in [-0.2, 0) is 22.6 Å².